The monoisotopic (exact) mass is 293 g/mol. The van der Waals surface area contributed by atoms with Crippen molar-refractivity contribution in [2.24, 2.45) is 5.92 Å². The largest absolute Gasteiger partial charge is 0.354 e. The maximum Gasteiger partial charge on any atom is 0.170 e. The van der Waals surface area contributed by atoms with Gasteiger partial charge in [0.2, 0.25) is 0 Å². The molecule has 118 valence electrons. The van der Waals surface area contributed by atoms with Crippen molar-refractivity contribution in [1.82, 2.24) is 10.3 Å². The number of hydrogen-bond acceptors (Lipinski definition) is 3. The second kappa shape index (κ2) is 6.73. The summed E-state index contributed by atoms with van der Waals surface area (Å²) >= 11 is 0. The lowest BCUT2D eigenvalue weighted by atomic mass is 9.95. The number of anilines is 1. The van der Waals surface area contributed by atoms with E-state index < -0.39 is 0 Å². The van der Waals surface area contributed by atoms with E-state index in [1.165, 1.54) is 6.42 Å². The number of halogens is 1. The summed E-state index contributed by atoms with van der Waals surface area (Å²) in [4.78, 5) is 6.42. The van der Waals surface area contributed by atoms with Gasteiger partial charge < -0.3 is 10.2 Å². The van der Waals surface area contributed by atoms with Gasteiger partial charge in [-0.3, -0.25) is 0 Å². The molecular weight excluding hydrogens is 265 g/mol. The molecule has 0 saturated carbocycles. The quantitative estimate of drug-likeness (QED) is 0.916. The average molecular weight is 293 g/mol. The molecule has 0 radical (unpaired) electrons. The van der Waals surface area contributed by atoms with Crippen molar-refractivity contribution in [2.45, 2.75) is 59.0 Å². The molecule has 0 aromatic carbocycles. The number of rotatable bonds is 4. The third-order valence-electron chi connectivity index (χ3n) is 4.16. The molecule has 0 amide bonds. The minimum atomic E-state index is -0.161. The highest BCUT2D eigenvalue weighted by Gasteiger charge is 2.23. The summed E-state index contributed by atoms with van der Waals surface area (Å²) in [6.07, 6.45) is 5.26. The molecular formula is C17H28FN3. The van der Waals surface area contributed by atoms with Gasteiger partial charge in [0.25, 0.3) is 0 Å². The van der Waals surface area contributed by atoms with E-state index in [4.69, 9.17) is 0 Å². The average Bonchev–Trinajstić information content (AvgIpc) is 2.45. The van der Waals surface area contributed by atoms with Gasteiger partial charge >= 0.3 is 0 Å². The van der Waals surface area contributed by atoms with Crippen molar-refractivity contribution in [3.8, 4) is 0 Å². The highest BCUT2D eigenvalue weighted by Crippen LogP contribution is 2.26. The van der Waals surface area contributed by atoms with Crippen LogP contribution in [0.5, 0.6) is 0 Å². The van der Waals surface area contributed by atoms with Gasteiger partial charge in [0.1, 0.15) is 0 Å². The SMILES string of the molecule is CCC1CCCN(c2nccc(CNC(C)(C)C)c2F)C1. The van der Waals surface area contributed by atoms with E-state index in [0.29, 0.717) is 23.8 Å². The standard InChI is InChI=1S/C17H28FN3/c1-5-13-7-6-10-21(12-13)16-15(18)14(8-9-19-16)11-20-17(2,3)4/h8-9,13,20H,5-7,10-12H2,1-4H3. The first-order valence-corrected chi connectivity index (χ1v) is 8.04. The molecule has 1 atom stereocenters. The zero-order chi connectivity index (χ0) is 15.5. The fraction of sp³-hybridized carbons (Fsp3) is 0.706. The zero-order valence-electron chi connectivity index (χ0n) is 13.7. The summed E-state index contributed by atoms with van der Waals surface area (Å²) in [5.41, 5.74) is 0.683. The summed E-state index contributed by atoms with van der Waals surface area (Å²) in [6.45, 7) is 10.8. The Kier molecular flexibility index (Phi) is 5.20. The fourth-order valence-corrected chi connectivity index (χ4v) is 2.78. The van der Waals surface area contributed by atoms with E-state index >= 15 is 0 Å². The Balaban J connectivity index is 2.13. The maximum absolute atomic E-state index is 14.7. The van der Waals surface area contributed by atoms with Gasteiger partial charge in [-0.05, 0) is 45.6 Å². The minimum absolute atomic E-state index is 0.0195. The number of nitrogens with zero attached hydrogens (tertiary/aromatic N) is 2. The first-order valence-electron chi connectivity index (χ1n) is 8.04. The van der Waals surface area contributed by atoms with E-state index in [1.54, 1.807) is 12.3 Å². The van der Waals surface area contributed by atoms with E-state index in [1.807, 2.05) is 0 Å². The van der Waals surface area contributed by atoms with Crippen molar-refractivity contribution in [3.63, 3.8) is 0 Å². The van der Waals surface area contributed by atoms with Crippen LogP contribution in [0.4, 0.5) is 10.2 Å². The van der Waals surface area contributed by atoms with Crippen LogP contribution in [0, 0.1) is 11.7 Å². The molecule has 2 rings (SSSR count). The molecule has 2 heterocycles. The Morgan fingerprint density at radius 3 is 2.86 bits per heavy atom. The van der Waals surface area contributed by atoms with E-state index in [9.17, 15) is 4.39 Å². The van der Waals surface area contributed by atoms with Crippen LogP contribution in [-0.2, 0) is 6.54 Å². The molecule has 0 bridgehead atoms. The van der Waals surface area contributed by atoms with Crippen LogP contribution in [0.3, 0.4) is 0 Å². The first-order chi connectivity index (χ1) is 9.90. The summed E-state index contributed by atoms with van der Waals surface area (Å²) in [5, 5.41) is 3.34. The van der Waals surface area contributed by atoms with Gasteiger partial charge in [-0.25, -0.2) is 9.37 Å². The van der Waals surface area contributed by atoms with Gasteiger partial charge in [-0.1, -0.05) is 13.3 Å². The Morgan fingerprint density at radius 2 is 2.19 bits per heavy atom. The van der Waals surface area contributed by atoms with Crippen LogP contribution >= 0.6 is 0 Å². The van der Waals surface area contributed by atoms with Gasteiger partial charge in [0.15, 0.2) is 11.6 Å². The highest BCUT2D eigenvalue weighted by atomic mass is 19.1. The van der Waals surface area contributed by atoms with Crippen LogP contribution in [-0.4, -0.2) is 23.6 Å². The van der Waals surface area contributed by atoms with Gasteiger partial charge in [0, 0.05) is 36.9 Å². The van der Waals surface area contributed by atoms with Crippen molar-refractivity contribution >= 4 is 5.82 Å². The Morgan fingerprint density at radius 1 is 1.43 bits per heavy atom. The number of aromatic nitrogens is 1. The predicted octanol–water partition coefficient (Wildman–Crippen LogP) is 3.74. The summed E-state index contributed by atoms with van der Waals surface area (Å²) in [7, 11) is 0. The second-order valence-corrected chi connectivity index (χ2v) is 7.07. The van der Waals surface area contributed by atoms with Crippen molar-refractivity contribution in [3.05, 3.63) is 23.6 Å². The molecule has 3 nitrogen and oxygen atoms in total. The van der Waals surface area contributed by atoms with E-state index in [-0.39, 0.29) is 11.4 Å². The van der Waals surface area contributed by atoms with E-state index in [0.717, 1.165) is 25.9 Å². The van der Waals surface area contributed by atoms with Gasteiger partial charge in [0.05, 0.1) is 0 Å². The molecule has 1 saturated heterocycles. The topological polar surface area (TPSA) is 28.2 Å². The summed E-state index contributed by atoms with van der Waals surface area (Å²) in [6, 6.07) is 1.78. The first kappa shape index (κ1) is 16.2. The molecule has 21 heavy (non-hydrogen) atoms. The maximum atomic E-state index is 14.7. The molecule has 4 heteroatoms. The lowest BCUT2D eigenvalue weighted by molar-refractivity contribution is 0.397. The zero-order valence-corrected chi connectivity index (χ0v) is 13.7. The fourth-order valence-electron chi connectivity index (χ4n) is 2.78. The molecule has 1 unspecified atom stereocenters. The lowest BCUT2D eigenvalue weighted by Gasteiger charge is -2.33. The molecule has 1 aromatic rings. The third kappa shape index (κ3) is 4.40. The lowest BCUT2D eigenvalue weighted by Crippen LogP contribution is -2.37. The Labute approximate surface area is 127 Å². The Hall–Kier alpha value is -1.16. The molecule has 0 spiro atoms. The predicted molar refractivity (Wildman–Crippen MR) is 86.0 cm³/mol. The molecule has 1 aromatic heterocycles. The smallest absolute Gasteiger partial charge is 0.170 e. The van der Waals surface area contributed by atoms with Crippen LogP contribution < -0.4 is 10.2 Å². The van der Waals surface area contributed by atoms with E-state index in [2.05, 4.69) is 42.9 Å². The number of pyridine rings is 1. The van der Waals surface area contributed by atoms with Crippen LogP contribution in [0.1, 0.15) is 52.5 Å². The summed E-state index contributed by atoms with van der Waals surface area (Å²) in [5.74, 6) is 1.03. The molecule has 1 N–H and O–H groups in total. The van der Waals surface area contributed by atoms with Crippen molar-refractivity contribution < 1.29 is 4.39 Å². The third-order valence-corrected chi connectivity index (χ3v) is 4.16. The molecule has 1 aliphatic heterocycles. The van der Waals surface area contributed by atoms with Crippen molar-refractivity contribution in [2.75, 3.05) is 18.0 Å². The number of hydrogen-bond donors (Lipinski definition) is 1. The van der Waals surface area contributed by atoms with Crippen molar-refractivity contribution in [1.29, 1.82) is 0 Å². The minimum Gasteiger partial charge on any atom is -0.354 e. The molecule has 0 aliphatic carbocycles. The highest BCUT2D eigenvalue weighted by molar-refractivity contribution is 5.43. The molecule has 1 aliphatic rings. The molecule has 1 fully saturated rings. The Bertz CT molecular complexity index is 468. The van der Waals surface area contributed by atoms with Gasteiger partial charge in [-0.15, -0.1) is 0 Å². The van der Waals surface area contributed by atoms with Crippen LogP contribution in [0.2, 0.25) is 0 Å². The second-order valence-electron chi connectivity index (χ2n) is 7.07. The number of nitrogens with one attached hydrogen (secondary N) is 1. The normalized spacial score (nSPS) is 19.9. The van der Waals surface area contributed by atoms with Gasteiger partial charge in [-0.2, -0.15) is 0 Å². The number of piperidine rings is 1. The summed E-state index contributed by atoms with van der Waals surface area (Å²) < 4.78 is 14.7. The van der Waals surface area contributed by atoms with Crippen LogP contribution in [0.25, 0.3) is 0 Å². The van der Waals surface area contributed by atoms with Crippen LogP contribution in [0.15, 0.2) is 12.3 Å².